The van der Waals surface area contributed by atoms with Crippen molar-refractivity contribution in [2.75, 3.05) is 32.1 Å². The fraction of sp³-hybridized carbons (Fsp3) is 0.235. The summed E-state index contributed by atoms with van der Waals surface area (Å²) in [6, 6.07) is 9.90. The van der Waals surface area contributed by atoms with Gasteiger partial charge in [0.05, 0.1) is 12.7 Å². The number of quaternary nitrogens is 1. The molecule has 1 atom stereocenters. The first-order valence-corrected chi connectivity index (χ1v) is 7.76. The van der Waals surface area contributed by atoms with Crippen LogP contribution in [0.25, 0.3) is 0 Å². The Bertz CT molecular complexity index is 695. The van der Waals surface area contributed by atoms with Crippen molar-refractivity contribution in [2.24, 2.45) is 0 Å². The Hall–Kier alpha value is -2.18. The van der Waals surface area contributed by atoms with Crippen LogP contribution in [0, 0.1) is 11.6 Å². The number of ether oxygens (including phenoxy) is 1. The van der Waals surface area contributed by atoms with Gasteiger partial charge in [-0.15, -0.1) is 0 Å². The van der Waals surface area contributed by atoms with Crippen molar-refractivity contribution < 1.29 is 23.2 Å². The van der Waals surface area contributed by atoms with E-state index in [-0.39, 0.29) is 12.2 Å². The molecule has 2 aromatic carbocycles. The molecule has 0 saturated carbocycles. The van der Waals surface area contributed by atoms with E-state index >= 15 is 0 Å². The van der Waals surface area contributed by atoms with Gasteiger partial charge in [-0.1, -0.05) is 11.6 Å². The van der Waals surface area contributed by atoms with Crippen LogP contribution in [0.5, 0.6) is 5.75 Å². The Morgan fingerprint density at radius 1 is 1.21 bits per heavy atom. The molecule has 0 spiro atoms. The normalized spacial score (nSPS) is 11.8. The number of amides is 1. The minimum absolute atomic E-state index is 0.111. The summed E-state index contributed by atoms with van der Waals surface area (Å²) >= 11 is 5.79. The molecule has 0 aromatic heterocycles. The predicted octanol–water partition coefficient (Wildman–Crippen LogP) is 2.15. The summed E-state index contributed by atoms with van der Waals surface area (Å²) in [7, 11) is 1.81. The third kappa shape index (κ3) is 5.79. The molecular weight excluding hydrogens is 338 g/mol. The van der Waals surface area contributed by atoms with E-state index in [1.807, 2.05) is 7.05 Å². The van der Waals surface area contributed by atoms with E-state index in [9.17, 15) is 13.6 Å². The molecule has 4 nitrogen and oxygen atoms in total. The first-order valence-electron chi connectivity index (χ1n) is 7.38. The van der Waals surface area contributed by atoms with E-state index in [4.69, 9.17) is 16.3 Å². The van der Waals surface area contributed by atoms with Crippen molar-refractivity contribution in [2.45, 2.75) is 0 Å². The summed E-state index contributed by atoms with van der Waals surface area (Å²) in [6.07, 6.45) is 0. The first-order chi connectivity index (χ1) is 11.4. The molecule has 2 aromatic rings. The first kappa shape index (κ1) is 18.2. The minimum atomic E-state index is -0.673. The van der Waals surface area contributed by atoms with Crippen molar-refractivity contribution in [3.63, 3.8) is 0 Å². The van der Waals surface area contributed by atoms with Crippen LogP contribution in [-0.2, 0) is 4.79 Å². The molecule has 0 aliphatic heterocycles. The van der Waals surface area contributed by atoms with Crippen LogP contribution in [0.2, 0.25) is 5.02 Å². The number of hydrogen-bond donors (Lipinski definition) is 2. The summed E-state index contributed by atoms with van der Waals surface area (Å²) in [5, 5.41) is 3.00. The van der Waals surface area contributed by atoms with Crippen LogP contribution in [0.15, 0.2) is 42.5 Å². The molecule has 0 radical (unpaired) electrons. The van der Waals surface area contributed by atoms with Crippen LogP contribution in [0.3, 0.4) is 0 Å². The number of hydrogen-bond acceptors (Lipinski definition) is 2. The Kier molecular flexibility index (Phi) is 6.52. The Morgan fingerprint density at radius 3 is 2.62 bits per heavy atom. The maximum Gasteiger partial charge on any atom is 0.279 e. The summed E-state index contributed by atoms with van der Waals surface area (Å²) in [5.41, 5.74) is -0.162. The second-order valence-corrected chi connectivity index (χ2v) is 5.80. The smallest absolute Gasteiger partial charge is 0.279 e. The second-order valence-electron chi connectivity index (χ2n) is 5.36. The van der Waals surface area contributed by atoms with Crippen LogP contribution in [0.4, 0.5) is 14.5 Å². The monoisotopic (exact) mass is 355 g/mol. The number of carbonyl (C=O) groups excluding carboxylic acids is 1. The fourth-order valence-electron chi connectivity index (χ4n) is 2.02. The maximum atomic E-state index is 13.5. The average molecular weight is 356 g/mol. The zero-order valence-corrected chi connectivity index (χ0v) is 13.9. The molecule has 0 bridgehead atoms. The third-order valence-electron chi connectivity index (χ3n) is 3.28. The van der Waals surface area contributed by atoms with E-state index in [2.05, 4.69) is 5.32 Å². The predicted molar refractivity (Wildman–Crippen MR) is 88.6 cm³/mol. The number of carbonyl (C=O) groups is 1. The van der Waals surface area contributed by atoms with E-state index in [0.717, 1.165) is 23.1 Å². The van der Waals surface area contributed by atoms with E-state index in [1.54, 1.807) is 24.3 Å². The second kappa shape index (κ2) is 8.61. The summed E-state index contributed by atoms with van der Waals surface area (Å²) < 4.78 is 32.1. The SMILES string of the molecule is C[NH+](CCOc1ccc(Cl)cc1)CC(=O)Nc1cc(F)ccc1F. The highest BCUT2D eigenvalue weighted by Gasteiger charge is 2.13. The average Bonchev–Trinajstić information content (AvgIpc) is 2.53. The topological polar surface area (TPSA) is 42.8 Å². The molecular formula is C17H18ClF2N2O2+. The van der Waals surface area contributed by atoms with Gasteiger partial charge in [-0.05, 0) is 36.4 Å². The van der Waals surface area contributed by atoms with Gasteiger partial charge in [-0.2, -0.15) is 0 Å². The summed E-state index contributed by atoms with van der Waals surface area (Å²) in [4.78, 5) is 12.8. The van der Waals surface area contributed by atoms with Crippen molar-refractivity contribution >= 4 is 23.2 Å². The Labute approximate surface area is 144 Å². The Balaban J connectivity index is 1.75. The van der Waals surface area contributed by atoms with E-state index in [0.29, 0.717) is 23.9 Å². The van der Waals surface area contributed by atoms with Crippen molar-refractivity contribution in [3.05, 3.63) is 59.1 Å². The van der Waals surface area contributed by atoms with Crippen LogP contribution >= 0.6 is 11.6 Å². The van der Waals surface area contributed by atoms with Crippen molar-refractivity contribution in [1.29, 1.82) is 0 Å². The number of anilines is 1. The molecule has 2 rings (SSSR count). The zero-order chi connectivity index (χ0) is 17.5. The van der Waals surface area contributed by atoms with Gasteiger partial charge in [-0.25, -0.2) is 8.78 Å². The van der Waals surface area contributed by atoms with Crippen molar-refractivity contribution in [1.82, 2.24) is 0 Å². The highest BCUT2D eigenvalue weighted by atomic mass is 35.5. The van der Waals surface area contributed by atoms with Gasteiger partial charge >= 0.3 is 0 Å². The standard InChI is InChI=1S/C17H17ClF2N2O2/c1-22(8-9-24-14-5-2-12(18)3-6-14)11-17(23)21-16-10-13(19)4-7-15(16)20/h2-7,10H,8-9,11H2,1H3,(H,21,23)/p+1. The lowest BCUT2D eigenvalue weighted by Crippen LogP contribution is -3.10. The lowest BCUT2D eigenvalue weighted by Gasteiger charge is -2.14. The summed E-state index contributed by atoms with van der Waals surface area (Å²) in [6.45, 7) is 1.09. The maximum absolute atomic E-state index is 13.5. The van der Waals surface area contributed by atoms with Crippen LogP contribution in [-0.4, -0.2) is 32.7 Å². The minimum Gasteiger partial charge on any atom is -0.488 e. The molecule has 2 N–H and O–H groups in total. The van der Waals surface area contributed by atoms with Gasteiger partial charge in [0, 0.05) is 11.1 Å². The Morgan fingerprint density at radius 2 is 1.92 bits per heavy atom. The molecule has 128 valence electrons. The zero-order valence-electron chi connectivity index (χ0n) is 13.1. The molecule has 24 heavy (non-hydrogen) atoms. The molecule has 1 amide bonds. The largest absolute Gasteiger partial charge is 0.488 e. The van der Waals surface area contributed by atoms with Gasteiger partial charge < -0.3 is 15.0 Å². The van der Waals surface area contributed by atoms with Gasteiger partial charge in [0.2, 0.25) is 0 Å². The van der Waals surface area contributed by atoms with Gasteiger partial charge in [0.1, 0.15) is 30.5 Å². The van der Waals surface area contributed by atoms with Crippen molar-refractivity contribution in [3.8, 4) is 5.75 Å². The lowest BCUT2D eigenvalue weighted by molar-refractivity contribution is -0.871. The number of benzene rings is 2. The highest BCUT2D eigenvalue weighted by Crippen LogP contribution is 2.15. The molecule has 0 aliphatic carbocycles. The molecule has 0 fully saturated rings. The number of likely N-dealkylation sites (N-methyl/N-ethyl adjacent to an activating group) is 1. The van der Waals surface area contributed by atoms with Crippen LogP contribution < -0.4 is 15.0 Å². The van der Waals surface area contributed by atoms with E-state index in [1.165, 1.54) is 0 Å². The van der Waals surface area contributed by atoms with Gasteiger partial charge in [0.25, 0.3) is 5.91 Å². The van der Waals surface area contributed by atoms with Gasteiger partial charge in [-0.3, -0.25) is 4.79 Å². The molecule has 0 heterocycles. The van der Waals surface area contributed by atoms with E-state index < -0.39 is 17.5 Å². The highest BCUT2D eigenvalue weighted by molar-refractivity contribution is 6.30. The van der Waals surface area contributed by atoms with Crippen LogP contribution in [0.1, 0.15) is 0 Å². The molecule has 0 aliphatic rings. The molecule has 1 unspecified atom stereocenters. The number of rotatable bonds is 7. The number of nitrogens with one attached hydrogen (secondary N) is 2. The van der Waals surface area contributed by atoms with Gasteiger partial charge in [0.15, 0.2) is 6.54 Å². The lowest BCUT2D eigenvalue weighted by atomic mass is 10.3. The quantitative estimate of drug-likeness (QED) is 0.799. The number of halogens is 3. The summed E-state index contributed by atoms with van der Waals surface area (Å²) in [5.74, 6) is -0.987. The third-order valence-corrected chi connectivity index (χ3v) is 3.53. The molecule has 7 heteroatoms. The molecule has 0 saturated heterocycles. The fourth-order valence-corrected chi connectivity index (χ4v) is 2.15.